The lowest BCUT2D eigenvalue weighted by atomic mass is 9.43. The van der Waals surface area contributed by atoms with E-state index in [9.17, 15) is 0 Å². The second-order valence-electron chi connectivity index (χ2n) is 19.7. The quantitative estimate of drug-likeness (QED) is 0.164. The van der Waals surface area contributed by atoms with Crippen LogP contribution in [-0.4, -0.2) is 11.8 Å². The number of anilines is 5. The number of aromatic nitrogens is 1. The molecule has 0 unspecified atom stereocenters. The van der Waals surface area contributed by atoms with Crippen molar-refractivity contribution in [1.82, 2.24) is 4.98 Å². The largest absolute Gasteiger partial charge is 0.454 e. The maximum absolute atomic E-state index is 7.11. The minimum atomic E-state index is -0.181. The summed E-state index contributed by atoms with van der Waals surface area (Å²) in [5.41, 5.74) is 17.9. The van der Waals surface area contributed by atoms with Crippen LogP contribution in [-0.2, 0) is 16.2 Å². The molecule has 290 valence electrons. The minimum Gasteiger partial charge on any atom is -0.454 e. The van der Waals surface area contributed by atoms with E-state index in [4.69, 9.17) is 9.15 Å². The molecule has 0 saturated carbocycles. The number of hydrogen-bond acceptors (Lipinski definition) is 5. The van der Waals surface area contributed by atoms with Crippen molar-refractivity contribution in [3.05, 3.63) is 144 Å². The van der Waals surface area contributed by atoms with Crippen molar-refractivity contribution in [2.45, 2.75) is 78.6 Å². The lowest BCUT2D eigenvalue weighted by Crippen LogP contribution is -2.62. The van der Waals surface area contributed by atoms with Crippen LogP contribution in [0, 0.1) is 0 Å². The van der Waals surface area contributed by atoms with Gasteiger partial charge in [0.05, 0.1) is 17.1 Å². The summed E-state index contributed by atoms with van der Waals surface area (Å²) in [7, 11) is 0. The first kappa shape index (κ1) is 35.9. The van der Waals surface area contributed by atoms with Crippen LogP contribution in [0.15, 0.2) is 132 Å². The van der Waals surface area contributed by atoms with E-state index in [2.05, 4.69) is 192 Å². The number of fused-ring (bicyclic) bond motifs is 10. The molecular formula is C53H48BN3O2. The van der Waals surface area contributed by atoms with E-state index < -0.39 is 0 Å². The molecule has 0 amide bonds. The maximum atomic E-state index is 7.11. The molecule has 0 bridgehead atoms. The number of nitrogens with zero attached hydrogens (tertiary/aromatic N) is 3. The first-order chi connectivity index (χ1) is 28.1. The van der Waals surface area contributed by atoms with E-state index in [-0.39, 0.29) is 23.1 Å². The molecule has 0 radical (unpaired) electrons. The molecule has 6 aromatic carbocycles. The molecule has 5 heterocycles. The summed E-state index contributed by atoms with van der Waals surface area (Å²) < 4.78 is 14.2. The van der Waals surface area contributed by atoms with Gasteiger partial charge >= 0.3 is 6.85 Å². The summed E-state index contributed by atoms with van der Waals surface area (Å²) in [6, 6.07) is 42.8. The minimum absolute atomic E-state index is 0.0125. The van der Waals surface area contributed by atoms with E-state index in [1.807, 2.05) is 12.4 Å². The third-order valence-electron chi connectivity index (χ3n) is 12.8. The zero-order chi connectivity index (χ0) is 40.7. The number of furan rings is 1. The fraction of sp³-hybridized carbons (Fsp3) is 0.226. The van der Waals surface area contributed by atoms with Crippen LogP contribution >= 0.6 is 0 Å². The van der Waals surface area contributed by atoms with Crippen molar-refractivity contribution in [3.8, 4) is 33.8 Å². The fourth-order valence-electron chi connectivity index (χ4n) is 9.53. The number of para-hydroxylation sites is 1. The Kier molecular flexibility index (Phi) is 7.38. The van der Waals surface area contributed by atoms with Gasteiger partial charge in [0.15, 0.2) is 11.3 Å². The first-order valence-corrected chi connectivity index (χ1v) is 20.9. The van der Waals surface area contributed by atoms with Crippen LogP contribution < -0.4 is 25.4 Å². The Morgan fingerprint density at radius 1 is 0.542 bits per heavy atom. The number of rotatable bonds is 2. The standard InChI is InChI=1S/C53H48BN3O2/c1-51(2,3)33-15-18-36(19-16-33)56-43-26-32(31-22-24-55-25-23-31)14-20-41(43)54-47-38(30-40-37-12-10-11-13-44(37)59-50(40)49(47)56)39-27-35(53(7,8)9)29-46-48(39)57(54)42-21-17-34(52(4,5)6)28-45(42)58-46/h10-30H,1-9H3. The monoisotopic (exact) mass is 769 g/mol. The van der Waals surface area contributed by atoms with Gasteiger partial charge in [-0.1, -0.05) is 111 Å². The van der Waals surface area contributed by atoms with Crippen molar-refractivity contribution < 1.29 is 9.15 Å². The third-order valence-corrected chi connectivity index (χ3v) is 12.8. The van der Waals surface area contributed by atoms with Crippen LogP contribution in [0.25, 0.3) is 44.2 Å². The summed E-state index contributed by atoms with van der Waals surface area (Å²) in [5, 5.41) is 2.21. The summed E-state index contributed by atoms with van der Waals surface area (Å²) in [6.07, 6.45) is 3.75. The Balaban J connectivity index is 1.30. The van der Waals surface area contributed by atoms with Crippen molar-refractivity contribution in [3.63, 3.8) is 0 Å². The van der Waals surface area contributed by atoms with E-state index in [1.54, 1.807) is 0 Å². The maximum Gasteiger partial charge on any atom is 0.333 e. The molecule has 0 saturated heterocycles. The normalized spacial score (nSPS) is 14.2. The summed E-state index contributed by atoms with van der Waals surface area (Å²) in [4.78, 5) is 9.41. The van der Waals surface area contributed by atoms with Crippen LogP contribution in [0.4, 0.5) is 28.4 Å². The van der Waals surface area contributed by atoms with Gasteiger partial charge in [-0.25, -0.2) is 0 Å². The van der Waals surface area contributed by atoms with Gasteiger partial charge in [0.2, 0.25) is 0 Å². The zero-order valence-corrected chi connectivity index (χ0v) is 35.4. The fourth-order valence-corrected chi connectivity index (χ4v) is 9.53. The van der Waals surface area contributed by atoms with Crippen LogP contribution in [0.5, 0.6) is 11.5 Å². The molecule has 0 spiro atoms. The smallest absolute Gasteiger partial charge is 0.333 e. The second-order valence-corrected chi connectivity index (χ2v) is 19.7. The molecule has 2 aromatic heterocycles. The van der Waals surface area contributed by atoms with Gasteiger partial charge in [-0.15, -0.1) is 0 Å². The SMILES string of the molecule is CC(C)(C)c1ccc(N2c3cc(-c4ccncc4)ccc3B3c4c(cc5c(oc6ccccc65)c42)-c2cc(C(C)(C)C)cc4c2N3c2ccc(C(C)(C)C)cc2O4)cc1. The molecule has 0 fully saturated rings. The molecule has 0 N–H and O–H groups in total. The second kappa shape index (κ2) is 12.1. The highest BCUT2D eigenvalue weighted by atomic mass is 16.5. The lowest BCUT2D eigenvalue weighted by Gasteiger charge is -2.48. The first-order valence-electron chi connectivity index (χ1n) is 20.9. The van der Waals surface area contributed by atoms with Gasteiger partial charge in [-0.2, -0.15) is 0 Å². The summed E-state index contributed by atoms with van der Waals surface area (Å²) in [6.45, 7) is 20.3. The van der Waals surface area contributed by atoms with E-state index in [0.29, 0.717) is 0 Å². The molecule has 0 atom stereocenters. The molecule has 11 rings (SSSR count). The van der Waals surface area contributed by atoms with Crippen molar-refractivity contribution in [2.24, 2.45) is 0 Å². The Morgan fingerprint density at radius 3 is 1.97 bits per heavy atom. The molecule has 0 aliphatic carbocycles. The Morgan fingerprint density at radius 2 is 1.24 bits per heavy atom. The zero-order valence-electron chi connectivity index (χ0n) is 35.4. The van der Waals surface area contributed by atoms with E-state index in [1.165, 1.54) is 38.7 Å². The van der Waals surface area contributed by atoms with Gasteiger partial charge in [-0.3, -0.25) is 4.98 Å². The predicted molar refractivity (Wildman–Crippen MR) is 247 cm³/mol. The highest BCUT2D eigenvalue weighted by molar-refractivity contribution is 6.94. The van der Waals surface area contributed by atoms with Gasteiger partial charge in [0, 0.05) is 40.1 Å². The molecule has 5 nitrogen and oxygen atoms in total. The van der Waals surface area contributed by atoms with Gasteiger partial charge in [0.25, 0.3) is 0 Å². The number of pyridine rings is 1. The van der Waals surface area contributed by atoms with Gasteiger partial charge < -0.3 is 18.9 Å². The van der Waals surface area contributed by atoms with Crippen molar-refractivity contribution >= 4 is 68.1 Å². The van der Waals surface area contributed by atoms with Gasteiger partial charge in [0.1, 0.15) is 11.3 Å². The number of benzene rings is 6. The molecule has 59 heavy (non-hydrogen) atoms. The average molecular weight is 770 g/mol. The summed E-state index contributed by atoms with van der Waals surface area (Å²) >= 11 is 0. The van der Waals surface area contributed by atoms with Gasteiger partial charge in [-0.05, 0) is 127 Å². The highest BCUT2D eigenvalue weighted by Gasteiger charge is 2.50. The summed E-state index contributed by atoms with van der Waals surface area (Å²) in [5.74, 6) is 1.78. The van der Waals surface area contributed by atoms with Crippen molar-refractivity contribution in [2.75, 3.05) is 9.71 Å². The molecular weight excluding hydrogens is 721 g/mol. The Bertz CT molecular complexity index is 3030. The molecule has 3 aliphatic heterocycles. The highest BCUT2D eigenvalue weighted by Crippen LogP contribution is 2.58. The van der Waals surface area contributed by atoms with E-state index in [0.717, 1.165) is 73.0 Å². The lowest BCUT2D eigenvalue weighted by molar-refractivity contribution is 0.470. The van der Waals surface area contributed by atoms with Crippen LogP contribution in [0.2, 0.25) is 0 Å². The average Bonchev–Trinajstić information content (AvgIpc) is 3.59. The molecule has 8 aromatic rings. The third kappa shape index (κ3) is 5.34. The van der Waals surface area contributed by atoms with Crippen molar-refractivity contribution in [1.29, 1.82) is 0 Å². The van der Waals surface area contributed by atoms with Crippen LogP contribution in [0.3, 0.4) is 0 Å². The van der Waals surface area contributed by atoms with Crippen LogP contribution in [0.1, 0.15) is 79.0 Å². The molecule has 6 heteroatoms. The Labute approximate surface area is 347 Å². The number of hydrogen-bond donors (Lipinski definition) is 0. The predicted octanol–water partition coefficient (Wildman–Crippen LogP) is 13.4. The Hall–Kier alpha value is -6.27. The van der Waals surface area contributed by atoms with E-state index >= 15 is 0 Å². The number of ether oxygens (including phenoxy) is 1. The molecule has 3 aliphatic rings. The topological polar surface area (TPSA) is 41.7 Å².